The predicted molar refractivity (Wildman–Crippen MR) is 88.5 cm³/mol. The van der Waals surface area contributed by atoms with Crippen LogP contribution >= 0.6 is 0 Å². The van der Waals surface area contributed by atoms with E-state index in [-0.39, 0.29) is 13.2 Å². The summed E-state index contributed by atoms with van der Waals surface area (Å²) >= 11 is 0. The third-order valence-electron chi connectivity index (χ3n) is 3.29. The average Bonchev–Trinajstić information content (AvgIpc) is 2.51. The third kappa shape index (κ3) is 10.2. The fourth-order valence-corrected chi connectivity index (χ4v) is 1.85. The van der Waals surface area contributed by atoms with Crippen LogP contribution in [0.25, 0.3) is 0 Å². The third-order valence-corrected chi connectivity index (χ3v) is 3.29. The first-order chi connectivity index (χ1) is 10.5. The van der Waals surface area contributed by atoms with Gasteiger partial charge in [0.1, 0.15) is 13.2 Å². The van der Waals surface area contributed by atoms with Crippen molar-refractivity contribution in [3.8, 4) is 0 Å². The summed E-state index contributed by atoms with van der Waals surface area (Å²) in [4.78, 5) is 23.2. The summed E-state index contributed by atoms with van der Waals surface area (Å²) in [5, 5.41) is 0. The van der Waals surface area contributed by atoms with Crippen LogP contribution in [0.4, 0.5) is 0 Å². The van der Waals surface area contributed by atoms with Gasteiger partial charge < -0.3 is 9.47 Å². The van der Waals surface area contributed by atoms with E-state index in [0.29, 0.717) is 24.0 Å². The summed E-state index contributed by atoms with van der Waals surface area (Å²) in [6.45, 7) is 11.7. The lowest BCUT2D eigenvalue weighted by Crippen LogP contribution is -2.15. The number of unbranched alkanes of at least 4 members (excludes halogenated alkanes) is 4. The summed E-state index contributed by atoms with van der Waals surface area (Å²) in [7, 11) is 0. The lowest BCUT2D eigenvalue weighted by atomic mass is 10.1. The van der Waals surface area contributed by atoms with Gasteiger partial charge in [-0.3, -0.25) is 0 Å². The molecule has 0 aromatic heterocycles. The molecule has 0 atom stereocenters. The molecule has 4 heteroatoms. The van der Waals surface area contributed by atoms with Crippen molar-refractivity contribution in [1.29, 1.82) is 0 Å². The molecular weight excluding hydrogens is 280 g/mol. The smallest absolute Gasteiger partial charge is 0.333 e. The summed E-state index contributed by atoms with van der Waals surface area (Å²) < 4.78 is 10.0. The second kappa shape index (κ2) is 13.1. The van der Waals surface area contributed by atoms with Crippen LogP contribution in [0.15, 0.2) is 24.3 Å². The van der Waals surface area contributed by atoms with Gasteiger partial charge in [-0.25, -0.2) is 9.59 Å². The highest BCUT2D eigenvalue weighted by molar-refractivity contribution is 5.88. The minimum absolute atomic E-state index is 0.0552. The number of hydrogen-bond acceptors (Lipinski definition) is 4. The van der Waals surface area contributed by atoms with Crippen LogP contribution in [0.5, 0.6) is 0 Å². The Morgan fingerprint density at radius 1 is 0.727 bits per heavy atom. The maximum atomic E-state index is 11.6. The Kier molecular flexibility index (Phi) is 12.2. The summed E-state index contributed by atoms with van der Waals surface area (Å²) in [5.41, 5.74) is 0.951. The van der Waals surface area contributed by atoms with Gasteiger partial charge in [-0.2, -0.15) is 0 Å². The van der Waals surface area contributed by atoms with E-state index in [1.807, 2.05) is 0 Å². The van der Waals surface area contributed by atoms with Crippen LogP contribution in [-0.2, 0) is 19.1 Å². The van der Waals surface area contributed by atoms with E-state index in [1.165, 1.54) is 0 Å². The molecule has 0 N–H and O–H groups in total. The lowest BCUT2D eigenvalue weighted by molar-refractivity contribution is -0.147. The van der Waals surface area contributed by atoms with E-state index in [2.05, 4.69) is 27.0 Å². The highest BCUT2D eigenvalue weighted by Crippen LogP contribution is 2.10. The van der Waals surface area contributed by atoms with E-state index >= 15 is 0 Å². The van der Waals surface area contributed by atoms with E-state index in [0.717, 1.165) is 38.5 Å². The number of esters is 2. The van der Waals surface area contributed by atoms with Crippen molar-refractivity contribution in [3.05, 3.63) is 24.3 Å². The molecule has 0 amide bonds. The minimum Gasteiger partial charge on any atom is -0.459 e. The predicted octanol–water partition coefficient (Wildman–Crippen LogP) is 4.35. The Balaban J connectivity index is 3.74. The van der Waals surface area contributed by atoms with Crippen LogP contribution in [-0.4, -0.2) is 25.2 Å². The molecule has 4 nitrogen and oxygen atoms in total. The zero-order valence-corrected chi connectivity index (χ0v) is 14.1. The molecule has 0 saturated carbocycles. The van der Waals surface area contributed by atoms with Gasteiger partial charge in [0.25, 0.3) is 0 Å². The Hall–Kier alpha value is -1.58. The second-order valence-corrected chi connectivity index (χ2v) is 5.39. The Labute approximate surface area is 134 Å². The van der Waals surface area contributed by atoms with Gasteiger partial charge in [-0.1, -0.05) is 52.7 Å². The van der Waals surface area contributed by atoms with Gasteiger partial charge in [0.2, 0.25) is 0 Å². The summed E-state index contributed by atoms with van der Waals surface area (Å²) in [6, 6.07) is 0. The maximum absolute atomic E-state index is 11.6. The van der Waals surface area contributed by atoms with Crippen LogP contribution < -0.4 is 0 Å². The Bertz CT molecular complexity index is 335. The number of carbonyl (C=O) groups excluding carboxylic acids is 2. The molecule has 0 rings (SSSR count). The first-order valence-corrected chi connectivity index (χ1v) is 8.22. The molecule has 0 bridgehead atoms. The van der Waals surface area contributed by atoms with Crippen molar-refractivity contribution >= 4 is 11.9 Å². The first-order valence-electron chi connectivity index (χ1n) is 8.22. The molecule has 126 valence electrons. The van der Waals surface area contributed by atoms with Crippen molar-refractivity contribution < 1.29 is 19.1 Å². The minimum atomic E-state index is -0.408. The lowest BCUT2D eigenvalue weighted by Gasteiger charge is -2.09. The molecule has 0 aliphatic carbocycles. The van der Waals surface area contributed by atoms with Crippen LogP contribution in [0.1, 0.15) is 65.2 Å². The molecule has 0 aromatic carbocycles. The molecule has 0 fully saturated rings. The monoisotopic (exact) mass is 310 g/mol. The van der Waals surface area contributed by atoms with Crippen molar-refractivity contribution in [2.75, 3.05) is 13.2 Å². The Morgan fingerprint density at radius 2 is 1.09 bits per heavy atom. The van der Waals surface area contributed by atoms with Crippen molar-refractivity contribution in [1.82, 2.24) is 0 Å². The quantitative estimate of drug-likeness (QED) is 0.288. The van der Waals surface area contributed by atoms with Crippen LogP contribution in [0.2, 0.25) is 0 Å². The van der Waals surface area contributed by atoms with Gasteiger partial charge >= 0.3 is 11.9 Å². The fraction of sp³-hybridized carbons (Fsp3) is 0.667. The van der Waals surface area contributed by atoms with E-state index < -0.39 is 11.9 Å². The van der Waals surface area contributed by atoms with Crippen molar-refractivity contribution in [2.45, 2.75) is 65.2 Å². The molecule has 0 aliphatic heterocycles. The van der Waals surface area contributed by atoms with Crippen LogP contribution in [0.3, 0.4) is 0 Å². The number of rotatable bonds is 13. The second-order valence-electron chi connectivity index (χ2n) is 5.39. The molecule has 0 heterocycles. The summed E-state index contributed by atoms with van der Waals surface area (Å²) in [6.07, 6.45) is 7.53. The molecule has 22 heavy (non-hydrogen) atoms. The van der Waals surface area contributed by atoms with Gasteiger partial charge in [0, 0.05) is 11.1 Å². The number of carbonyl (C=O) groups is 2. The van der Waals surface area contributed by atoms with Gasteiger partial charge in [-0.15, -0.1) is 0 Å². The van der Waals surface area contributed by atoms with Gasteiger partial charge in [0.15, 0.2) is 0 Å². The van der Waals surface area contributed by atoms with E-state index in [9.17, 15) is 9.59 Å². The van der Waals surface area contributed by atoms with Gasteiger partial charge in [-0.05, 0) is 25.7 Å². The first kappa shape index (κ1) is 20.4. The molecule has 0 spiro atoms. The zero-order chi connectivity index (χ0) is 16.8. The average molecular weight is 310 g/mol. The molecule has 0 aliphatic rings. The largest absolute Gasteiger partial charge is 0.459 e. The highest BCUT2D eigenvalue weighted by Gasteiger charge is 2.10. The van der Waals surface area contributed by atoms with Crippen LogP contribution in [0, 0.1) is 0 Å². The maximum Gasteiger partial charge on any atom is 0.333 e. The number of hydrogen-bond donors (Lipinski definition) is 0. The van der Waals surface area contributed by atoms with Crippen molar-refractivity contribution in [2.24, 2.45) is 0 Å². The zero-order valence-electron chi connectivity index (χ0n) is 14.1. The van der Waals surface area contributed by atoms with Gasteiger partial charge in [0.05, 0.1) is 0 Å². The van der Waals surface area contributed by atoms with E-state index in [4.69, 9.17) is 9.47 Å². The molecular formula is C18H30O4. The fourth-order valence-electron chi connectivity index (χ4n) is 1.85. The summed E-state index contributed by atoms with van der Waals surface area (Å²) in [5.74, 6) is -0.817. The normalized spacial score (nSPS) is 10.1. The molecule has 0 unspecified atom stereocenters. The molecule has 0 aromatic rings. The topological polar surface area (TPSA) is 52.6 Å². The SMILES string of the molecule is C=C(CCCCC)C(=O)OCCOC(=O)C(=C)CCCCC. The standard InChI is InChI=1S/C18H30O4/c1-5-7-9-11-15(3)17(19)21-13-14-22-18(20)16(4)12-10-8-6-2/h3-14H2,1-2H3. The highest BCUT2D eigenvalue weighted by atomic mass is 16.6. The molecule has 0 radical (unpaired) electrons. The molecule has 0 saturated heterocycles. The number of ether oxygens (including phenoxy) is 2. The van der Waals surface area contributed by atoms with E-state index in [1.54, 1.807) is 0 Å². The Morgan fingerprint density at radius 3 is 1.41 bits per heavy atom. The van der Waals surface area contributed by atoms with Crippen molar-refractivity contribution in [3.63, 3.8) is 0 Å².